The second kappa shape index (κ2) is 8.47. The predicted octanol–water partition coefficient (Wildman–Crippen LogP) is 2.96. The quantitative estimate of drug-likeness (QED) is 0.864. The van der Waals surface area contributed by atoms with E-state index in [1.54, 1.807) is 0 Å². The number of nitrogens with zero attached hydrogens (tertiary/aromatic N) is 1. The van der Waals surface area contributed by atoms with E-state index in [1.165, 1.54) is 12.1 Å². The molecule has 1 heterocycles. The molecule has 0 spiro atoms. The monoisotopic (exact) mass is 343 g/mol. The lowest BCUT2D eigenvalue weighted by Gasteiger charge is -2.33. The second-order valence-electron chi connectivity index (χ2n) is 6.11. The maximum Gasteiger partial charge on any atom is 0.319 e. The van der Waals surface area contributed by atoms with Gasteiger partial charge in [0, 0.05) is 26.2 Å². The number of anilines is 1. The van der Waals surface area contributed by atoms with Gasteiger partial charge in [0.05, 0.1) is 23.4 Å². The van der Waals surface area contributed by atoms with Crippen molar-refractivity contribution in [3.05, 3.63) is 29.0 Å². The predicted molar refractivity (Wildman–Crippen MR) is 89.4 cm³/mol. The fourth-order valence-corrected chi connectivity index (χ4v) is 2.76. The first-order chi connectivity index (χ1) is 10.9. The van der Waals surface area contributed by atoms with Crippen molar-refractivity contribution in [2.75, 3.05) is 38.1 Å². The zero-order valence-electron chi connectivity index (χ0n) is 13.4. The zero-order chi connectivity index (χ0) is 16.8. The Morgan fingerprint density at radius 2 is 2.30 bits per heavy atom. The third kappa shape index (κ3) is 5.97. The molecular formula is C16H23ClFN3O2. The van der Waals surface area contributed by atoms with Crippen molar-refractivity contribution in [2.45, 2.75) is 20.0 Å². The minimum absolute atomic E-state index is 0.0306. The molecule has 0 saturated carbocycles. The lowest BCUT2D eigenvalue weighted by atomic mass is 10.2. The molecule has 1 atom stereocenters. The van der Waals surface area contributed by atoms with Gasteiger partial charge in [-0.3, -0.25) is 4.90 Å². The van der Waals surface area contributed by atoms with Crippen LogP contribution in [-0.4, -0.2) is 49.8 Å². The fourth-order valence-electron chi connectivity index (χ4n) is 2.55. The van der Waals surface area contributed by atoms with Gasteiger partial charge >= 0.3 is 6.03 Å². The number of carbonyl (C=O) groups excluding carboxylic acids is 1. The number of morpholine rings is 1. The highest BCUT2D eigenvalue weighted by molar-refractivity contribution is 6.33. The highest BCUT2D eigenvalue weighted by Gasteiger charge is 2.21. The molecule has 1 saturated heterocycles. The van der Waals surface area contributed by atoms with Crippen LogP contribution < -0.4 is 10.6 Å². The second-order valence-corrected chi connectivity index (χ2v) is 6.51. The first kappa shape index (κ1) is 18.0. The Labute approximate surface area is 141 Å². The van der Waals surface area contributed by atoms with Crippen LogP contribution in [0.25, 0.3) is 0 Å². The molecule has 1 aliphatic heterocycles. The van der Waals surface area contributed by atoms with Crippen molar-refractivity contribution in [3.8, 4) is 0 Å². The van der Waals surface area contributed by atoms with Crippen molar-refractivity contribution in [3.63, 3.8) is 0 Å². The van der Waals surface area contributed by atoms with Crippen LogP contribution >= 0.6 is 11.6 Å². The van der Waals surface area contributed by atoms with E-state index in [2.05, 4.69) is 29.4 Å². The summed E-state index contributed by atoms with van der Waals surface area (Å²) < 4.78 is 18.6. The molecule has 1 unspecified atom stereocenters. The van der Waals surface area contributed by atoms with Crippen LogP contribution in [0.2, 0.25) is 5.02 Å². The Bertz CT molecular complexity index is 542. The van der Waals surface area contributed by atoms with Crippen LogP contribution in [0.4, 0.5) is 14.9 Å². The van der Waals surface area contributed by atoms with Crippen molar-refractivity contribution in [1.82, 2.24) is 10.2 Å². The van der Waals surface area contributed by atoms with E-state index < -0.39 is 5.82 Å². The molecule has 2 N–H and O–H groups in total. The molecule has 2 amide bonds. The topological polar surface area (TPSA) is 53.6 Å². The minimum Gasteiger partial charge on any atom is -0.374 e. The summed E-state index contributed by atoms with van der Waals surface area (Å²) in [6.45, 7) is 8.20. The van der Waals surface area contributed by atoms with Crippen LogP contribution in [0.15, 0.2) is 18.2 Å². The van der Waals surface area contributed by atoms with Crippen molar-refractivity contribution < 1.29 is 13.9 Å². The summed E-state index contributed by atoms with van der Waals surface area (Å²) in [6.07, 6.45) is -0.0306. The number of benzene rings is 1. The van der Waals surface area contributed by atoms with E-state index in [0.29, 0.717) is 24.8 Å². The largest absolute Gasteiger partial charge is 0.374 e. The number of halogens is 2. The number of carbonyl (C=O) groups is 1. The molecule has 23 heavy (non-hydrogen) atoms. The normalized spacial score (nSPS) is 18.9. The zero-order valence-corrected chi connectivity index (χ0v) is 14.2. The van der Waals surface area contributed by atoms with Gasteiger partial charge in [-0.05, 0) is 24.1 Å². The maximum atomic E-state index is 13.0. The highest BCUT2D eigenvalue weighted by atomic mass is 35.5. The molecule has 0 aromatic heterocycles. The van der Waals surface area contributed by atoms with E-state index in [9.17, 15) is 9.18 Å². The SMILES string of the molecule is CC(C)CN1CCOC(CNC(=O)Nc2ccc(F)cc2Cl)C1. The molecule has 0 aliphatic carbocycles. The van der Waals surface area contributed by atoms with Gasteiger partial charge in [-0.2, -0.15) is 0 Å². The fraction of sp³-hybridized carbons (Fsp3) is 0.562. The summed E-state index contributed by atoms with van der Waals surface area (Å²) >= 11 is 5.88. The Hall–Kier alpha value is -1.37. The average molecular weight is 344 g/mol. The lowest BCUT2D eigenvalue weighted by Crippen LogP contribution is -2.48. The van der Waals surface area contributed by atoms with E-state index in [-0.39, 0.29) is 17.2 Å². The Morgan fingerprint density at radius 3 is 3.00 bits per heavy atom. The number of amides is 2. The first-order valence-electron chi connectivity index (χ1n) is 7.78. The minimum atomic E-state index is -0.443. The smallest absolute Gasteiger partial charge is 0.319 e. The molecule has 7 heteroatoms. The summed E-state index contributed by atoms with van der Waals surface area (Å²) in [6, 6.07) is 3.45. The molecule has 128 valence electrons. The lowest BCUT2D eigenvalue weighted by molar-refractivity contribution is -0.0288. The van der Waals surface area contributed by atoms with E-state index in [0.717, 1.165) is 25.7 Å². The van der Waals surface area contributed by atoms with Crippen LogP contribution in [-0.2, 0) is 4.74 Å². The average Bonchev–Trinajstić information content (AvgIpc) is 2.48. The van der Waals surface area contributed by atoms with Gasteiger partial charge in [0.15, 0.2) is 0 Å². The van der Waals surface area contributed by atoms with Gasteiger partial charge in [-0.25, -0.2) is 9.18 Å². The van der Waals surface area contributed by atoms with E-state index in [1.807, 2.05) is 0 Å². The Kier molecular flexibility index (Phi) is 6.62. The standard InChI is InChI=1S/C16H23ClFN3O2/c1-11(2)9-21-5-6-23-13(10-21)8-19-16(22)20-15-4-3-12(18)7-14(15)17/h3-4,7,11,13H,5-6,8-10H2,1-2H3,(H2,19,20,22). The molecule has 1 fully saturated rings. The molecule has 2 rings (SSSR count). The van der Waals surface area contributed by atoms with Crippen LogP contribution in [0.5, 0.6) is 0 Å². The summed E-state index contributed by atoms with van der Waals surface area (Å²) in [7, 11) is 0. The van der Waals surface area contributed by atoms with Gasteiger partial charge in [-0.1, -0.05) is 25.4 Å². The van der Waals surface area contributed by atoms with Crippen LogP contribution in [0.1, 0.15) is 13.8 Å². The first-order valence-corrected chi connectivity index (χ1v) is 8.15. The van der Waals surface area contributed by atoms with Gasteiger partial charge in [0.1, 0.15) is 5.82 Å². The van der Waals surface area contributed by atoms with Gasteiger partial charge in [0.2, 0.25) is 0 Å². The highest BCUT2D eigenvalue weighted by Crippen LogP contribution is 2.22. The number of rotatable bonds is 5. The summed E-state index contributed by atoms with van der Waals surface area (Å²) in [5.41, 5.74) is 0.372. The van der Waals surface area contributed by atoms with Crippen LogP contribution in [0, 0.1) is 11.7 Å². The summed E-state index contributed by atoms with van der Waals surface area (Å²) in [5.74, 6) is 0.160. The summed E-state index contributed by atoms with van der Waals surface area (Å²) in [4.78, 5) is 14.3. The molecule has 0 bridgehead atoms. The van der Waals surface area contributed by atoms with Crippen molar-refractivity contribution in [2.24, 2.45) is 5.92 Å². The number of urea groups is 1. The molecule has 1 aliphatic rings. The molecule has 5 nitrogen and oxygen atoms in total. The number of nitrogens with one attached hydrogen (secondary N) is 2. The van der Waals surface area contributed by atoms with E-state index >= 15 is 0 Å². The van der Waals surface area contributed by atoms with Gasteiger partial charge in [-0.15, -0.1) is 0 Å². The van der Waals surface area contributed by atoms with Gasteiger partial charge < -0.3 is 15.4 Å². The molecular weight excluding hydrogens is 321 g/mol. The number of hydrogen-bond donors (Lipinski definition) is 2. The molecule has 1 aromatic rings. The number of ether oxygens (including phenoxy) is 1. The maximum absolute atomic E-state index is 13.0. The van der Waals surface area contributed by atoms with E-state index in [4.69, 9.17) is 16.3 Å². The third-order valence-corrected chi connectivity index (χ3v) is 3.83. The summed E-state index contributed by atoms with van der Waals surface area (Å²) in [5, 5.41) is 5.53. The number of hydrogen-bond acceptors (Lipinski definition) is 3. The van der Waals surface area contributed by atoms with Crippen molar-refractivity contribution >= 4 is 23.3 Å². The Morgan fingerprint density at radius 1 is 1.52 bits per heavy atom. The Balaban J connectivity index is 1.77. The third-order valence-electron chi connectivity index (χ3n) is 3.52. The van der Waals surface area contributed by atoms with Crippen LogP contribution in [0.3, 0.4) is 0 Å². The van der Waals surface area contributed by atoms with Crippen molar-refractivity contribution in [1.29, 1.82) is 0 Å². The van der Waals surface area contributed by atoms with Gasteiger partial charge in [0.25, 0.3) is 0 Å². The molecule has 1 aromatic carbocycles. The molecule has 0 radical (unpaired) electrons.